The zero-order valence-corrected chi connectivity index (χ0v) is 10.5. The Hall–Kier alpha value is -1.61. The molecule has 0 aliphatic rings. The van der Waals surface area contributed by atoms with Gasteiger partial charge in [-0.3, -0.25) is 4.79 Å². The van der Waals surface area contributed by atoms with Crippen LogP contribution in [-0.4, -0.2) is 18.2 Å². The van der Waals surface area contributed by atoms with Crippen molar-refractivity contribution >= 4 is 12.0 Å². The largest absolute Gasteiger partial charge is 0.469 e. The van der Waals surface area contributed by atoms with Crippen LogP contribution >= 0.6 is 0 Å². The highest BCUT2D eigenvalue weighted by molar-refractivity contribution is 5.74. The smallest absolute Gasteiger partial charge is 0.309 e. The summed E-state index contributed by atoms with van der Waals surface area (Å²) < 4.78 is 4.65. The van der Waals surface area contributed by atoms with Gasteiger partial charge in [0.25, 0.3) is 0 Å². The number of esters is 1. The van der Waals surface area contributed by atoms with Crippen LogP contribution in [0.15, 0.2) is 18.2 Å². The minimum Gasteiger partial charge on any atom is -0.469 e. The van der Waals surface area contributed by atoms with Crippen LogP contribution in [0.1, 0.15) is 29.2 Å². The van der Waals surface area contributed by atoms with Crippen LogP contribution in [0.25, 0.3) is 6.08 Å². The van der Waals surface area contributed by atoms with Crippen LogP contribution in [0.5, 0.6) is 0 Å². The fourth-order valence-corrected chi connectivity index (χ4v) is 1.83. The first-order valence-corrected chi connectivity index (χ1v) is 5.55. The van der Waals surface area contributed by atoms with E-state index in [1.807, 2.05) is 38.1 Å². The Balaban J connectivity index is 3.22. The Kier molecular flexibility index (Phi) is 4.91. The molecule has 3 nitrogen and oxygen atoms in total. The first-order chi connectivity index (χ1) is 8.12. The zero-order valence-electron chi connectivity index (χ0n) is 10.5. The van der Waals surface area contributed by atoms with Crippen molar-refractivity contribution in [3.8, 4) is 0 Å². The number of allylic oxidation sites excluding steroid dienone is 1. The topological polar surface area (TPSA) is 46.5 Å². The van der Waals surface area contributed by atoms with Gasteiger partial charge in [-0.15, -0.1) is 0 Å². The molecule has 0 spiro atoms. The summed E-state index contributed by atoms with van der Waals surface area (Å²) in [5.41, 5.74) is 3.63. The number of methoxy groups -OCH3 is 1. The van der Waals surface area contributed by atoms with Crippen molar-refractivity contribution in [1.82, 2.24) is 0 Å². The first kappa shape index (κ1) is 13.5. The van der Waals surface area contributed by atoms with Gasteiger partial charge in [-0.2, -0.15) is 0 Å². The summed E-state index contributed by atoms with van der Waals surface area (Å²) >= 11 is 0. The van der Waals surface area contributed by atoms with Gasteiger partial charge >= 0.3 is 5.97 Å². The summed E-state index contributed by atoms with van der Waals surface area (Å²) in [6.45, 7) is 3.81. The molecule has 3 heteroatoms. The Morgan fingerprint density at radius 2 is 2.18 bits per heavy atom. The molecule has 0 saturated heterocycles. The third-order valence-corrected chi connectivity index (χ3v) is 2.59. The predicted molar refractivity (Wildman–Crippen MR) is 67.5 cm³/mol. The van der Waals surface area contributed by atoms with Crippen molar-refractivity contribution in [3.63, 3.8) is 0 Å². The average molecular weight is 234 g/mol. The number of benzene rings is 1. The van der Waals surface area contributed by atoms with Crippen LogP contribution in [0.2, 0.25) is 0 Å². The van der Waals surface area contributed by atoms with Crippen LogP contribution in [0.4, 0.5) is 0 Å². The van der Waals surface area contributed by atoms with E-state index in [-0.39, 0.29) is 19.0 Å². The lowest BCUT2D eigenvalue weighted by Gasteiger charge is -2.11. The van der Waals surface area contributed by atoms with Gasteiger partial charge in [-0.05, 0) is 30.5 Å². The number of aliphatic hydroxyl groups is 1. The lowest BCUT2D eigenvalue weighted by molar-refractivity contribution is -0.139. The molecule has 1 aromatic carbocycles. The minimum absolute atomic E-state index is 0.0771. The molecule has 1 N–H and O–H groups in total. The molecular weight excluding hydrogens is 216 g/mol. The summed E-state index contributed by atoms with van der Waals surface area (Å²) in [5.74, 6) is -0.295. The second kappa shape index (κ2) is 6.21. The molecule has 0 aliphatic heterocycles. The third kappa shape index (κ3) is 3.43. The number of ether oxygens (including phenoxy) is 1. The van der Waals surface area contributed by atoms with E-state index in [0.717, 1.165) is 22.3 Å². The quantitative estimate of drug-likeness (QED) is 0.813. The maximum Gasteiger partial charge on any atom is 0.309 e. The molecule has 0 atom stereocenters. The van der Waals surface area contributed by atoms with Gasteiger partial charge in [0, 0.05) is 0 Å². The molecule has 0 unspecified atom stereocenters. The number of carbonyl (C=O) groups is 1. The monoisotopic (exact) mass is 234 g/mol. The summed E-state index contributed by atoms with van der Waals surface area (Å²) in [5, 5.41) is 9.42. The number of carbonyl (C=O) groups excluding carboxylic acids is 1. The Morgan fingerprint density at radius 1 is 1.47 bits per heavy atom. The van der Waals surface area contributed by atoms with Crippen molar-refractivity contribution in [3.05, 3.63) is 40.5 Å². The molecule has 0 saturated carbocycles. The summed E-state index contributed by atoms with van der Waals surface area (Å²) in [6, 6.07) is 3.90. The third-order valence-electron chi connectivity index (χ3n) is 2.59. The van der Waals surface area contributed by atoms with Crippen molar-refractivity contribution in [2.45, 2.75) is 26.9 Å². The minimum atomic E-state index is -0.295. The maximum absolute atomic E-state index is 11.3. The van der Waals surface area contributed by atoms with Gasteiger partial charge in [0.1, 0.15) is 0 Å². The van der Waals surface area contributed by atoms with E-state index in [2.05, 4.69) is 4.74 Å². The second-order valence-corrected chi connectivity index (χ2v) is 3.90. The van der Waals surface area contributed by atoms with E-state index in [1.54, 1.807) is 0 Å². The van der Waals surface area contributed by atoms with Crippen LogP contribution in [0.3, 0.4) is 0 Å². The van der Waals surface area contributed by atoms with E-state index < -0.39 is 0 Å². The number of rotatable bonds is 4. The normalized spacial score (nSPS) is 10.8. The molecule has 0 aromatic heterocycles. The van der Waals surface area contributed by atoms with E-state index in [9.17, 15) is 9.90 Å². The van der Waals surface area contributed by atoms with Gasteiger partial charge in [0.2, 0.25) is 0 Å². The lowest BCUT2D eigenvalue weighted by atomic mass is 9.96. The molecule has 0 radical (unpaired) electrons. The number of aryl methyl sites for hydroxylation is 1. The molecule has 0 fully saturated rings. The SMILES string of the molecule is CC=Cc1cc(C)cc(CC(=O)OC)c1CO. The molecule has 92 valence electrons. The zero-order chi connectivity index (χ0) is 12.8. The number of aliphatic hydroxyl groups excluding tert-OH is 1. The van der Waals surface area contributed by atoms with E-state index in [1.165, 1.54) is 7.11 Å². The van der Waals surface area contributed by atoms with Crippen molar-refractivity contribution in [1.29, 1.82) is 0 Å². The molecule has 0 amide bonds. The van der Waals surface area contributed by atoms with Gasteiger partial charge in [0.15, 0.2) is 0 Å². The lowest BCUT2D eigenvalue weighted by Crippen LogP contribution is -2.08. The van der Waals surface area contributed by atoms with Gasteiger partial charge in [0.05, 0.1) is 20.1 Å². The van der Waals surface area contributed by atoms with Crippen molar-refractivity contribution in [2.24, 2.45) is 0 Å². The van der Waals surface area contributed by atoms with E-state index >= 15 is 0 Å². The standard InChI is InChI=1S/C14H18O3/c1-4-5-11-6-10(2)7-12(13(11)9-15)8-14(16)17-3/h4-7,15H,8-9H2,1-3H3. The highest BCUT2D eigenvalue weighted by atomic mass is 16.5. The second-order valence-electron chi connectivity index (χ2n) is 3.90. The highest BCUT2D eigenvalue weighted by Gasteiger charge is 2.11. The predicted octanol–water partition coefficient (Wildman–Crippen LogP) is 2.24. The fourth-order valence-electron chi connectivity index (χ4n) is 1.83. The van der Waals surface area contributed by atoms with Gasteiger partial charge < -0.3 is 9.84 Å². The molecule has 17 heavy (non-hydrogen) atoms. The molecule has 1 rings (SSSR count). The Bertz CT molecular complexity index is 433. The van der Waals surface area contributed by atoms with Crippen LogP contribution in [-0.2, 0) is 22.6 Å². The van der Waals surface area contributed by atoms with Crippen molar-refractivity contribution < 1.29 is 14.6 Å². The van der Waals surface area contributed by atoms with E-state index in [4.69, 9.17) is 0 Å². The first-order valence-electron chi connectivity index (χ1n) is 5.55. The number of hydrogen-bond donors (Lipinski definition) is 1. The molecular formula is C14H18O3. The summed E-state index contributed by atoms with van der Waals surface area (Å²) in [6.07, 6.45) is 4.04. The average Bonchev–Trinajstić information content (AvgIpc) is 2.29. The molecule has 1 aromatic rings. The molecule has 0 bridgehead atoms. The summed E-state index contributed by atoms with van der Waals surface area (Å²) in [7, 11) is 1.36. The molecule has 0 aliphatic carbocycles. The Morgan fingerprint density at radius 3 is 2.71 bits per heavy atom. The van der Waals surface area contributed by atoms with Crippen LogP contribution < -0.4 is 0 Å². The van der Waals surface area contributed by atoms with Gasteiger partial charge in [-0.25, -0.2) is 0 Å². The maximum atomic E-state index is 11.3. The fraction of sp³-hybridized carbons (Fsp3) is 0.357. The summed E-state index contributed by atoms with van der Waals surface area (Å²) in [4.78, 5) is 11.3. The van der Waals surface area contributed by atoms with Crippen molar-refractivity contribution in [2.75, 3.05) is 7.11 Å². The van der Waals surface area contributed by atoms with E-state index in [0.29, 0.717) is 0 Å². The molecule has 0 heterocycles. The highest BCUT2D eigenvalue weighted by Crippen LogP contribution is 2.20. The van der Waals surface area contributed by atoms with Gasteiger partial charge in [-0.1, -0.05) is 29.8 Å². The number of hydrogen-bond acceptors (Lipinski definition) is 3. The van der Waals surface area contributed by atoms with Crippen LogP contribution in [0, 0.1) is 6.92 Å². The Labute approximate surface area is 102 Å².